The minimum absolute atomic E-state index is 0.0973. The number of benzene rings is 3. The number of aryl methyl sites for hydroxylation is 1. The van der Waals surface area contributed by atoms with Gasteiger partial charge in [-0.25, -0.2) is 26.8 Å². The minimum Gasteiger partial charge on any atom is -0.480 e. The fourth-order valence-corrected chi connectivity index (χ4v) is 6.51. The van der Waals surface area contributed by atoms with Crippen molar-refractivity contribution in [1.29, 1.82) is 0 Å². The molecule has 14 heteroatoms. The van der Waals surface area contributed by atoms with Gasteiger partial charge in [0, 0.05) is 13.3 Å². The van der Waals surface area contributed by atoms with Crippen molar-refractivity contribution in [3.8, 4) is 5.75 Å². The van der Waals surface area contributed by atoms with Gasteiger partial charge in [0.15, 0.2) is 17.2 Å². The largest absolute Gasteiger partial charge is 0.480 e. The van der Waals surface area contributed by atoms with E-state index in [1.807, 2.05) is 0 Å². The van der Waals surface area contributed by atoms with Crippen molar-refractivity contribution in [2.24, 2.45) is 5.92 Å². The van der Waals surface area contributed by atoms with Gasteiger partial charge in [-0.3, -0.25) is 4.79 Å². The molecule has 3 aromatic carbocycles. The molecule has 3 aromatic rings. The van der Waals surface area contributed by atoms with Crippen LogP contribution in [0.15, 0.2) is 71.6 Å². The number of carboxylic acids is 1. The highest BCUT2D eigenvalue weighted by Crippen LogP contribution is 2.41. The maximum absolute atomic E-state index is 14.5. The number of amides is 1. The fourth-order valence-electron chi connectivity index (χ4n) is 4.82. The fraction of sp³-hybridized carbons (Fsp3) is 0.344. The molecule has 1 heterocycles. The lowest BCUT2D eigenvalue weighted by Gasteiger charge is -2.48. The number of nitrogens with one attached hydrogen (secondary N) is 1. The number of alkyl carbamates (subject to hydrolysis) is 1. The third-order valence-electron chi connectivity index (χ3n) is 7.18. The molecule has 0 aromatic heterocycles. The number of halogens is 2. The number of hydrogen-bond acceptors (Lipinski definition) is 8. The number of esters is 1. The van der Waals surface area contributed by atoms with Gasteiger partial charge in [0.2, 0.25) is 16.3 Å². The van der Waals surface area contributed by atoms with E-state index < -0.39 is 63.5 Å². The van der Waals surface area contributed by atoms with Crippen LogP contribution < -0.4 is 10.1 Å². The lowest BCUT2D eigenvalue weighted by Crippen LogP contribution is -2.64. The Morgan fingerprint density at radius 3 is 2.24 bits per heavy atom. The van der Waals surface area contributed by atoms with Gasteiger partial charge in [-0.15, -0.1) is 0 Å². The van der Waals surface area contributed by atoms with Crippen LogP contribution in [0.3, 0.4) is 0 Å². The van der Waals surface area contributed by atoms with Crippen LogP contribution in [0, 0.1) is 24.5 Å². The molecule has 1 aliphatic heterocycles. The molecular weight excluding hydrogens is 626 g/mol. The minimum atomic E-state index is -4.17. The Balaban J connectivity index is 1.52. The zero-order valence-electron chi connectivity index (χ0n) is 25.5. The number of rotatable bonds is 12. The molecular formula is C32H34F2N2O9S. The van der Waals surface area contributed by atoms with Crippen molar-refractivity contribution >= 4 is 28.1 Å². The molecule has 246 valence electrons. The topological polar surface area (TPSA) is 149 Å². The standard InChI is InChI=1S/C32H34F2N2O9S/c1-19(2)30(39)43-21(4)44-31(40)35-27(29(37)38)16-22-13-20(3)14-25(15-22)46(41,42)36-17-32(18-36,23-9-11-24(33)12-10-23)45-28-8-6-5-7-26(28)34/h5-15,19,21,27H,16-18H2,1-4H3,(H,35,40)(H,37,38). The summed E-state index contributed by atoms with van der Waals surface area (Å²) in [5.41, 5.74) is -0.0675. The molecule has 1 aliphatic rings. The Bertz CT molecular complexity index is 1710. The highest BCUT2D eigenvalue weighted by molar-refractivity contribution is 7.89. The van der Waals surface area contributed by atoms with Gasteiger partial charge in [-0.1, -0.05) is 44.2 Å². The number of carbonyl (C=O) groups excluding carboxylic acids is 2. The normalized spacial score (nSPS) is 15.7. The quantitative estimate of drug-likeness (QED) is 0.211. The number of sulfonamides is 1. The van der Waals surface area contributed by atoms with Crippen LogP contribution >= 0.6 is 0 Å². The van der Waals surface area contributed by atoms with Gasteiger partial charge in [-0.2, -0.15) is 4.31 Å². The van der Waals surface area contributed by atoms with Gasteiger partial charge >= 0.3 is 18.0 Å². The number of nitrogens with zero attached hydrogens (tertiary/aromatic N) is 1. The third-order valence-corrected chi connectivity index (χ3v) is 8.95. The molecule has 46 heavy (non-hydrogen) atoms. The Kier molecular flexibility index (Phi) is 10.3. The lowest BCUT2D eigenvalue weighted by atomic mass is 9.87. The second kappa shape index (κ2) is 13.8. The summed E-state index contributed by atoms with van der Waals surface area (Å²) in [6, 6.07) is 13.7. The van der Waals surface area contributed by atoms with Crippen molar-refractivity contribution in [2.75, 3.05) is 13.1 Å². The molecule has 1 fully saturated rings. The van der Waals surface area contributed by atoms with Crippen LogP contribution in [0.1, 0.15) is 37.5 Å². The number of carbonyl (C=O) groups is 3. The van der Waals surface area contributed by atoms with Crippen molar-refractivity contribution < 1.29 is 50.9 Å². The van der Waals surface area contributed by atoms with Gasteiger partial charge in [0.05, 0.1) is 23.9 Å². The average Bonchev–Trinajstić information content (AvgIpc) is 2.95. The van der Waals surface area contributed by atoms with Crippen LogP contribution in [0.25, 0.3) is 0 Å². The summed E-state index contributed by atoms with van der Waals surface area (Å²) >= 11 is 0. The van der Waals surface area contributed by atoms with Crippen LogP contribution in [-0.2, 0) is 41.1 Å². The first-order valence-electron chi connectivity index (χ1n) is 14.3. The maximum Gasteiger partial charge on any atom is 0.410 e. The molecule has 1 saturated heterocycles. The van der Waals surface area contributed by atoms with E-state index in [4.69, 9.17) is 14.2 Å². The van der Waals surface area contributed by atoms with Gasteiger partial charge in [0.25, 0.3) is 0 Å². The smallest absolute Gasteiger partial charge is 0.410 e. The van der Waals surface area contributed by atoms with Crippen LogP contribution in [-0.4, -0.2) is 61.3 Å². The number of para-hydroxylation sites is 1. The Hall–Kier alpha value is -4.56. The van der Waals surface area contributed by atoms with Gasteiger partial charge in [-0.05, 0) is 60.0 Å². The maximum atomic E-state index is 14.5. The summed E-state index contributed by atoms with van der Waals surface area (Å²) in [5.74, 6) is -3.74. The van der Waals surface area contributed by atoms with Crippen LogP contribution in [0.5, 0.6) is 5.75 Å². The van der Waals surface area contributed by atoms with E-state index in [2.05, 4.69) is 5.32 Å². The summed E-state index contributed by atoms with van der Waals surface area (Å²) in [5, 5.41) is 11.9. The first kappa shape index (κ1) is 34.3. The molecule has 2 atom stereocenters. The van der Waals surface area contributed by atoms with Crippen molar-refractivity contribution in [3.63, 3.8) is 0 Å². The SMILES string of the molecule is Cc1cc(CC(NC(=O)OC(C)OC(=O)C(C)C)C(=O)O)cc(S(=O)(=O)N2CC(Oc3ccccc3F)(c3ccc(F)cc3)C2)c1. The Morgan fingerprint density at radius 2 is 1.63 bits per heavy atom. The van der Waals surface area contributed by atoms with E-state index in [1.54, 1.807) is 32.9 Å². The molecule has 0 radical (unpaired) electrons. The Morgan fingerprint density at radius 1 is 0.978 bits per heavy atom. The lowest BCUT2D eigenvalue weighted by molar-refractivity contribution is -0.169. The summed E-state index contributed by atoms with van der Waals surface area (Å²) in [4.78, 5) is 35.9. The number of hydrogen-bond donors (Lipinski definition) is 2. The predicted molar refractivity (Wildman–Crippen MR) is 160 cm³/mol. The molecule has 0 aliphatic carbocycles. The molecule has 0 spiro atoms. The zero-order chi connectivity index (χ0) is 33.8. The van der Waals surface area contributed by atoms with Gasteiger partial charge < -0.3 is 24.6 Å². The van der Waals surface area contributed by atoms with E-state index in [-0.39, 0.29) is 30.2 Å². The summed E-state index contributed by atoms with van der Waals surface area (Å²) in [7, 11) is -4.17. The molecule has 4 rings (SSSR count). The second-order valence-electron chi connectivity index (χ2n) is 11.3. The van der Waals surface area contributed by atoms with Crippen LogP contribution in [0.4, 0.5) is 13.6 Å². The first-order chi connectivity index (χ1) is 21.6. The number of aliphatic carboxylic acids is 1. The average molecular weight is 661 g/mol. The van der Waals surface area contributed by atoms with Crippen molar-refractivity contribution in [1.82, 2.24) is 9.62 Å². The summed E-state index contributed by atoms with van der Waals surface area (Å²) in [6.07, 6.45) is -2.73. The third kappa shape index (κ3) is 7.98. The Labute approximate surface area is 265 Å². The molecule has 0 bridgehead atoms. The summed E-state index contributed by atoms with van der Waals surface area (Å²) < 4.78 is 72.8. The molecule has 0 saturated carbocycles. The summed E-state index contributed by atoms with van der Waals surface area (Å²) in [6.45, 7) is 5.68. The molecule has 1 amide bonds. The monoisotopic (exact) mass is 660 g/mol. The van der Waals surface area contributed by atoms with Crippen molar-refractivity contribution in [3.05, 3.63) is 95.1 Å². The first-order valence-corrected chi connectivity index (χ1v) is 15.7. The molecule has 11 nitrogen and oxygen atoms in total. The van der Waals surface area contributed by atoms with E-state index in [0.717, 1.165) is 4.31 Å². The van der Waals surface area contributed by atoms with Crippen LogP contribution in [0.2, 0.25) is 0 Å². The number of carboxylic acid groups (broad SMARTS) is 1. The number of ether oxygens (including phenoxy) is 3. The van der Waals surface area contributed by atoms with Gasteiger partial charge in [0.1, 0.15) is 11.9 Å². The molecule has 2 N–H and O–H groups in total. The predicted octanol–water partition coefficient (Wildman–Crippen LogP) is 4.52. The zero-order valence-corrected chi connectivity index (χ0v) is 26.3. The highest BCUT2D eigenvalue weighted by Gasteiger charge is 2.52. The van der Waals surface area contributed by atoms with E-state index in [0.29, 0.717) is 16.7 Å². The van der Waals surface area contributed by atoms with Crippen molar-refractivity contribution in [2.45, 2.75) is 56.9 Å². The van der Waals surface area contributed by atoms with E-state index in [9.17, 15) is 36.7 Å². The van der Waals surface area contributed by atoms with E-state index >= 15 is 0 Å². The van der Waals surface area contributed by atoms with E-state index in [1.165, 1.54) is 61.5 Å². The molecule has 2 unspecified atom stereocenters. The highest BCUT2D eigenvalue weighted by atomic mass is 32.2. The second-order valence-corrected chi connectivity index (χ2v) is 13.2.